The molecule has 0 aliphatic heterocycles. The van der Waals surface area contributed by atoms with Crippen LogP contribution in [0.15, 0.2) is 12.4 Å². The highest BCUT2D eigenvalue weighted by molar-refractivity contribution is 5.07. The summed E-state index contributed by atoms with van der Waals surface area (Å²) in [4.78, 5) is 9.01. The predicted octanol–water partition coefficient (Wildman–Crippen LogP) is 2.49. The number of rotatable bonds is 3. The second-order valence-electron chi connectivity index (χ2n) is 4.95. The maximum atomic E-state index is 4.50. The third-order valence-electron chi connectivity index (χ3n) is 3.41. The second-order valence-corrected chi connectivity index (χ2v) is 4.95. The zero-order valence-electron chi connectivity index (χ0n) is 10.2. The zero-order chi connectivity index (χ0) is 11.4. The lowest BCUT2D eigenvalue weighted by atomic mass is 9.82. The fourth-order valence-electron chi connectivity index (χ4n) is 2.54. The average molecular weight is 219 g/mol. The van der Waals surface area contributed by atoms with E-state index in [1.165, 1.54) is 25.7 Å². The van der Waals surface area contributed by atoms with Crippen LogP contribution >= 0.6 is 0 Å². The second kappa shape index (κ2) is 5.39. The van der Waals surface area contributed by atoms with E-state index in [2.05, 4.69) is 22.2 Å². The van der Waals surface area contributed by atoms with Crippen molar-refractivity contribution in [2.75, 3.05) is 7.05 Å². The lowest BCUT2D eigenvalue weighted by Gasteiger charge is -2.25. The Hall–Kier alpha value is -0.960. The maximum Gasteiger partial charge on any atom is 0.131 e. The summed E-state index contributed by atoms with van der Waals surface area (Å²) in [6, 6.07) is 0. The SMILES string of the molecule is CNCc1cnc(C2CCCC(C)C2)nc1. The van der Waals surface area contributed by atoms with E-state index < -0.39 is 0 Å². The van der Waals surface area contributed by atoms with Crippen LogP contribution in [0, 0.1) is 5.92 Å². The molecule has 3 heteroatoms. The molecule has 0 bridgehead atoms. The average Bonchev–Trinajstić information content (AvgIpc) is 2.30. The first-order valence-corrected chi connectivity index (χ1v) is 6.25. The molecule has 0 aromatic carbocycles. The van der Waals surface area contributed by atoms with Crippen molar-refractivity contribution in [2.24, 2.45) is 5.92 Å². The van der Waals surface area contributed by atoms with E-state index in [0.717, 1.165) is 23.9 Å². The van der Waals surface area contributed by atoms with Crippen molar-refractivity contribution >= 4 is 0 Å². The standard InChI is InChI=1S/C13H21N3/c1-10-4-3-5-12(6-10)13-15-8-11(7-14-2)9-16-13/h8-10,12,14H,3-7H2,1-2H3. The fourth-order valence-corrected chi connectivity index (χ4v) is 2.54. The van der Waals surface area contributed by atoms with Crippen LogP contribution < -0.4 is 5.32 Å². The Morgan fingerprint density at radius 3 is 2.69 bits per heavy atom. The Morgan fingerprint density at radius 2 is 2.06 bits per heavy atom. The van der Waals surface area contributed by atoms with Gasteiger partial charge in [0, 0.05) is 30.4 Å². The van der Waals surface area contributed by atoms with Gasteiger partial charge in [0.05, 0.1) is 0 Å². The van der Waals surface area contributed by atoms with E-state index in [-0.39, 0.29) is 0 Å². The van der Waals surface area contributed by atoms with Gasteiger partial charge in [-0.25, -0.2) is 9.97 Å². The quantitative estimate of drug-likeness (QED) is 0.848. The molecule has 88 valence electrons. The highest BCUT2D eigenvalue weighted by atomic mass is 14.9. The van der Waals surface area contributed by atoms with E-state index in [1.807, 2.05) is 19.4 Å². The first kappa shape index (κ1) is 11.5. The minimum atomic E-state index is 0.590. The molecule has 0 spiro atoms. The normalized spacial score (nSPS) is 25.6. The minimum absolute atomic E-state index is 0.590. The summed E-state index contributed by atoms with van der Waals surface area (Å²) < 4.78 is 0. The lowest BCUT2D eigenvalue weighted by Crippen LogP contribution is -2.15. The van der Waals surface area contributed by atoms with Gasteiger partial charge in [-0.2, -0.15) is 0 Å². The molecule has 3 nitrogen and oxygen atoms in total. The Morgan fingerprint density at radius 1 is 1.31 bits per heavy atom. The van der Waals surface area contributed by atoms with Crippen LogP contribution in [0.3, 0.4) is 0 Å². The van der Waals surface area contributed by atoms with Crippen LogP contribution in [0.5, 0.6) is 0 Å². The van der Waals surface area contributed by atoms with E-state index in [4.69, 9.17) is 0 Å². The summed E-state index contributed by atoms with van der Waals surface area (Å²) in [5.41, 5.74) is 1.16. The summed E-state index contributed by atoms with van der Waals surface area (Å²) in [6.45, 7) is 3.18. The Balaban J connectivity index is 2.03. The fraction of sp³-hybridized carbons (Fsp3) is 0.692. The Bertz CT molecular complexity index is 320. The minimum Gasteiger partial charge on any atom is -0.316 e. The van der Waals surface area contributed by atoms with Crippen LogP contribution in [-0.4, -0.2) is 17.0 Å². The summed E-state index contributed by atoms with van der Waals surface area (Å²) in [5.74, 6) is 2.47. The van der Waals surface area contributed by atoms with Crippen LogP contribution in [0.25, 0.3) is 0 Å². The molecule has 2 rings (SSSR count). The molecule has 0 saturated heterocycles. The van der Waals surface area contributed by atoms with Crippen molar-refractivity contribution in [3.63, 3.8) is 0 Å². The van der Waals surface area contributed by atoms with Crippen molar-refractivity contribution in [3.05, 3.63) is 23.8 Å². The van der Waals surface area contributed by atoms with Gasteiger partial charge >= 0.3 is 0 Å². The van der Waals surface area contributed by atoms with Gasteiger partial charge in [0.1, 0.15) is 5.82 Å². The third-order valence-corrected chi connectivity index (χ3v) is 3.41. The van der Waals surface area contributed by atoms with Gasteiger partial charge in [-0.1, -0.05) is 19.8 Å². The summed E-state index contributed by atoms with van der Waals surface area (Å²) in [5, 5.41) is 3.11. The first-order valence-electron chi connectivity index (χ1n) is 6.25. The number of nitrogens with zero attached hydrogens (tertiary/aromatic N) is 2. The highest BCUT2D eigenvalue weighted by Gasteiger charge is 2.22. The molecule has 0 radical (unpaired) electrons. The molecule has 2 unspecified atom stereocenters. The van der Waals surface area contributed by atoms with Crippen molar-refractivity contribution in [1.29, 1.82) is 0 Å². The topological polar surface area (TPSA) is 37.8 Å². The largest absolute Gasteiger partial charge is 0.316 e. The van der Waals surface area contributed by atoms with Crippen molar-refractivity contribution in [3.8, 4) is 0 Å². The van der Waals surface area contributed by atoms with E-state index in [0.29, 0.717) is 5.92 Å². The lowest BCUT2D eigenvalue weighted by molar-refractivity contribution is 0.335. The van der Waals surface area contributed by atoms with E-state index >= 15 is 0 Å². The smallest absolute Gasteiger partial charge is 0.131 e. The summed E-state index contributed by atoms with van der Waals surface area (Å²) in [7, 11) is 1.94. The molecule has 1 heterocycles. The number of hydrogen-bond acceptors (Lipinski definition) is 3. The van der Waals surface area contributed by atoms with Gasteiger partial charge in [0.15, 0.2) is 0 Å². The maximum absolute atomic E-state index is 4.50. The van der Waals surface area contributed by atoms with Crippen LogP contribution in [0.4, 0.5) is 0 Å². The number of hydrogen-bond donors (Lipinski definition) is 1. The van der Waals surface area contributed by atoms with Crippen molar-refractivity contribution in [1.82, 2.24) is 15.3 Å². The molecule has 0 amide bonds. The Labute approximate surface area is 97.7 Å². The van der Waals surface area contributed by atoms with Gasteiger partial charge in [-0.05, 0) is 25.8 Å². The van der Waals surface area contributed by atoms with Crippen molar-refractivity contribution in [2.45, 2.75) is 45.1 Å². The van der Waals surface area contributed by atoms with Gasteiger partial charge in [-0.15, -0.1) is 0 Å². The molecule has 1 aromatic rings. The van der Waals surface area contributed by atoms with Crippen LogP contribution in [0.1, 0.15) is 49.9 Å². The van der Waals surface area contributed by atoms with Gasteiger partial charge in [0.25, 0.3) is 0 Å². The van der Waals surface area contributed by atoms with Gasteiger partial charge in [0.2, 0.25) is 0 Å². The number of aromatic nitrogens is 2. The monoisotopic (exact) mass is 219 g/mol. The molecular formula is C13H21N3. The van der Waals surface area contributed by atoms with Crippen molar-refractivity contribution < 1.29 is 0 Å². The van der Waals surface area contributed by atoms with E-state index in [1.54, 1.807) is 0 Å². The molecule has 1 saturated carbocycles. The van der Waals surface area contributed by atoms with Gasteiger partial charge in [-0.3, -0.25) is 0 Å². The van der Waals surface area contributed by atoms with E-state index in [9.17, 15) is 0 Å². The number of nitrogens with one attached hydrogen (secondary N) is 1. The summed E-state index contributed by atoms with van der Waals surface area (Å²) in [6.07, 6.45) is 9.12. The summed E-state index contributed by atoms with van der Waals surface area (Å²) >= 11 is 0. The molecular weight excluding hydrogens is 198 g/mol. The molecule has 1 fully saturated rings. The van der Waals surface area contributed by atoms with Crippen LogP contribution in [-0.2, 0) is 6.54 Å². The molecule has 1 aromatic heterocycles. The van der Waals surface area contributed by atoms with Gasteiger partial charge < -0.3 is 5.32 Å². The predicted molar refractivity (Wildman–Crippen MR) is 65.2 cm³/mol. The molecule has 1 aliphatic carbocycles. The Kier molecular flexibility index (Phi) is 3.88. The van der Waals surface area contributed by atoms with Crippen LogP contribution in [0.2, 0.25) is 0 Å². The third kappa shape index (κ3) is 2.79. The highest BCUT2D eigenvalue weighted by Crippen LogP contribution is 2.33. The first-order chi connectivity index (χ1) is 7.79. The molecule has 1 N–H and O–H groups in total. The molecule has 2 atom stereocenters. The zero-order valence-corrected chi connectivity index (χ0v) is 10.2. The molecule has 16 heavy (non-hydrogen) atoms. The molecule has 1 aliphatic rings.